The van der Waals surface area contributed by atoms with Crippen molar-refractivity contribution in [3.8, 4) is 0 Å². The second-order valence-corrected chi connectivity index (χ2v) is 4.87. The summed E-state index contributed by atoms with van der Waals surface area (Å²) in [4.78, 5) is 4.16. The van der Waals surface area contributed by atoms with E-state index >= 15 is 0 Å². The smallest absolute Gasteiger partial charge is 0.190 e. The molecule has 86 valence electrons. The van der Waals surface area contributed by atoms with Crippen LogP contribution in [0.15, 0.2) is 4.99 Å². The molecule has 15 heavy (non-hydrogen) atoms. The first-order chi connectivity index (χ1) is 7.35. The maximum absolute atomic E-state index is 4.16. The van der Waals surface area contributed by atoms with E-state index in [0.29, 0.717) is 6.04 Å². The number of hydrogen-bond acceptors (Lipinski definition) is 1. The summed E-state index contributed by atoms with van der Waals surface area (Å²) in [5, 5.41) is 6.56. The fraction of sp³-hybridized carbons (Fsp3) is 0.917. The second-order valence-electron chi connectivity index (χ2n) is 4.87. The lowest BCUT2D eigenvalue weighted by atomic mass is 9.85. The zero-order valence-electron chi connectivity index (χ0n) is 9.92. The highest BCUT2D eigenvalue weighted by Crippen LogP contribution is 2.44. The van der Waals surface area contributed by atoms with Crippen molar-refractivity contribution in [2.24, 2.45) is 16.8 Å². The average molecular weight is 209 g/mol. The summed E-state index contributed by atoms with van der Waals surface area (Å²) in [6.45, 7) is 0. The Labute approximate surface area is 92.7 Å². The maximum Gasteiger partial charge on any atom is 0.190 e. The molecule has 0 amide bonds. The molecule has 2 saturated carbocycles. The molecule has 3 heteroatoms. The highest BCUT2D eigenvalue weighted by atomic mass is 15.2. The molecule has 2 rings (SSSR count). The first-order valence-electron chi connectivity index (χ1n) is 6.26. The number of nitrogens with one attached hydrogen (secondary N) is 2. The number of hydrogen-bond donors (Lipinski definition) is 2. The molecule has 0 aromatic carbocycles. The molecular formula is C12H23N3. The van der Waals surface area contributed by atoms with E-state index in [1.165, 1.54) is 38.5 Å². The Bertz CT molecular complexity index is 231. The predicted molar refractivity (Wildman–Crippen MR) is 64.0 cm³/mol. The quantitative estimate of drug-likeness (QED) is 0.537. The zero-order chi connectivity index (χ0) is 10.7. The van der Waals surface area contributed by atoms with Crippen LogP contribution in [0, 0.1) is 11.8 Å². The first-order valence-corrected chi connectivity index (χ1v) is 6.26. The minimum absolute atomic E-state index is 0.694. The number of aliphatic imine (C=N–C) groups is 1. The van der Waals surface area contributed by atoms with Crippen LogP contribution >= 0.6 is 0 Å². The van der Waals surface area contributed by atoms with Gasteiger partial charge in [-0.3, -0.25) is 4.99 Å². The standard InChI is InChI=1S/C12H23N3/c1-13-12(14-2)15-11-8-10(11)9-6-4-3-5-7-9/h9-11H,3-8H2,1-2H3,(H2,13,14,15)/t10-,11-/m1/s1. The third-order valence-corrected chi connectivity index (χ3v) is 3.88. The van der Waals surface area contributed by atoms with Gasteiger partial charge in [0, 0.05) is 20.1 Å². The Morgan fingerprint density at radius 1 is 1.20 bits per heavy atom. The van der Waals surface area contributed by atoms with Gasteiger partial charge in [-0.25, -0.2) is 0 Å². The highest BCUT2D eigenvalue weighted by Gasteiger charge is 2.43. The van der Waals surface area contributed by atoms with Crippen LogP contribution in [0.5, 0.6) is 0 Å². The van der Waals surface area contributed by atoms with E-state index in [9.17, 15) is 0 Å². The summed E-state index contributed by atoms with van der Waals surface area (Å²) in [6, 6.07) is 0.694. The summed E-state index contributed by atoms with van der Waals surface area (Å²) < 4.78 is 0. The zero-order valence-corrected chi connectivity index (χ0v) is 9.92. The molecule has 3 nitrogen and oxygen atoms in total. The molecular weight excluding hydrogens is 186 g/mol. The normalized spacial score (nSPS) is 32.5. The lowest BCUT2D eigenvalue weighted by Crippen LogP contribution is -2.37. The molecule has 0 aromatic rings. The monoisotopic (exact) mass is 209 g/mol. The molecule has 0 saturated heterocycles. The number of rotatable bonds is 2. The second kappa shape index (κ2) is 4.86. The Balaban J connectivity index is 1.75. The van der Waals surface area contributed by atoms with Crippen LogP contribution in [0.1, 0.15) is 38.5 Å². The molecule has 0 bridgehead atoms. The summed E-state index contributed by atoms with van der Waals surface area (Å²) in [7, 11) is 3.75. The van der Waals surface area contributed by atoms with E-state index in [0.717, 1.165) is 17.8 Å². The van der Waals surface area contributed by atoms with Crippen LogP contribution in [-0.2, 0) is 0 Å². The van der Waals surface area contributed by atoms with Gasteiger partial charge in [0.15, 0.2) is 5.96 Å². The molecule has 0 aliphatic heterocycles. The molecule has 0 spiro atoms. The average Bonchev–Trinajstić information content (AvgIpc) is 3.06. The van der Waals surface area contributed by atoms with E-state index in [-0.39, 0.29) is 0 Å². The van der Waals surface area contributed by atoms with Crippen LogP contribution in [0.2, 0.25) is 0 Å². The van der Waals surface area contributed by atoms with E-state index < -0.39 is 0 Å². The predicted octanol–water partition coefficient (Wildman–Crippen LogP) is 1.75. The van der Waals surface area contributed by atoms with Gasteiger partial charge in [-0.05, 0) is 18.3 Å². The fourth-order valence-electron chi connectivity index (χ4n) is 2.89. The van der Waals surface area contributed by atoms with Crippen molar-refractivity contribution >= 4 is 5.96 Å². The maximum atomic E-state index is 4.16. The van der Waals surface area contributed by atoms with Gasteiger partial charge in [0.1, 0.15) is 0 Å². The van der Waals surface area contributed by atoms with Gasteiger partial charge < -0.3 is 10.6 Å². The molecule has 2 aliphatic rings. The third-order valence-electron chi connectivity index (χ3n) is 3.88. The SMILES string of the molecule is CN=C(NC)N[C@@H]1C[C@@H]1C1CCCCC1. The Morgan fingerprint density at radius 3 is 2.53 bits per heavy atom. The Morgan fingerprint density at radius 2 is 1.93 bits per heavy atom. The summed E-state index contributed by atoms with van der Waals surface area (Å²) in [5.74, 6) is 2.86. The minimum Gasteiger partial charge on any atom is -0.359 e. The van der Waals surface area contributed by atoms with Crippen LogP contribution in [-0.4, -0.2) is 26.1 Å². The molecule has 0 radical (unpaired) electrons. The van der Waals surface area contributed by atoms with Crippen molar-refractivity contribution in [3.05, 3.63) is 0 Å². The van der Waals surface area contributed by atoms with Gasteiger partial charge in [0.05, 0.1) is 0 Å². The van der Waals surface area contributed by atoms with Crippen LogP contribution < -0.4 is 10.6 Å². The lowest BCUT2D eigenvalue weighted by molar-refractivity contribution is 0.316. The van der Waals surface area contributed by atoms with Crippen molar-refractivity contribution < 1.29 is 0 Å². The van der Waals surface area contributed by atoms with E-state index in [1.54, 1.807) is 0 Å². The highest BCUT2D eigenvalue weighted by molar-refractivity contribution is 5.79. The molecule has 2 fully saturated rings. The van der Waals surface area contributed by atoms with Crippen molar-refractivity contribution in [2.75, 3.05) is 14.1 Å². The van der Waals surface area contributed by atoms with E-state index in [2.05, 4.69) is 15.6 Å². The molecule has 0 heterocycles. The molecule has 2 N–H and O–H groups in total. The number of guanidine groups is 1. The lowest BCUT2D eigenvalue weighted by Gasteiger charge is -2.21. The van der Waals surface area contributed by atoms with Crippen molar-refractivity contribution in [3.63, 3.8) is 0 Å². The van der Waals surface area contributed by atoms with Crippen LogP contribution in [0.25, 0.3) is 0 Å². The third kappa shape index (κ3) is 2.64. The van der Waals surface area contributed by atoms with Crippen molar-refractivity contribution in [1.82, 2.24) is 10.6 Å². The largest absolute Gasteiger partial charge is 0.359 e. The van der Waals surface area contributed by atoms with Gasteiger partial charge in [0.2, 0.25) is 0 Å². The Kier molecular flexibility index (Phi) is 3.49. The summed E-state index contributed by atoms with van der Waals surface area (Å²) in [5.41, 5.74) is 0. The first kappa shape index (κ1) is 10.8. The molecule has 0 unspecified atom stereocenters. The molecule has 2 atom stereocenters. The molecule has 0 aromatic heterocycles. The minimum atomic E-state index is 0.694. The Hall–Kier alpha value is -0.730. The van der Waals surface area contributed by atoms with E-state index in [4.69, 9.17) is 0 Å². The van der Waals surface area contributed by atoms with Gasteiger partial charge in [-0.15, -0.1) is 0 Å². The van der Waals surface area contributed by atoms with E-state index in [1.807, 2.05) is 14.1 Å². The summed E-state index contributed by atoms with van der Waals surface area (Å²) >= 11 is 0. The topological polar surface area (TPSA) is 36.4 Å². The van der Waals surface area contributed by atoms with Crippen LogP contribution in [0.4, 0.5) is 0 Å². The molecule has 2 aliphatic carbocycles. The van der Waals surface area contributed by atoms with Crippen molar-refractivity contribution in [2.45, 2.75) is 44.6 Å². The fourth-order valence-corrected chi connectivity index (χ4v) is 2.89. The van der Waals surface area contributed by atoms with Crippen LogP contribution in [0.3, 0.4) is 0 Å². The van der Waals surface area contributed by atoms with Gasteiger partial charge in [-0.2, -0.15) is 0 Å². The number of nitrogens with zero attached hydrogens (tertiary/aromatic N) is 1. The van der Waals surface area contributed by atoms with Crippen molar-refractivity contribution in [1.29, 1.82) is 0 Å². The van der Waals surface area contributed by atoms with Gasteiger partial charge in [0.25, 0.3) is 0 Å². The summed E-state index contributed by atoms with van der Waals surface area (Å²) in [6.07, 6.45) is 8.64. The van der Waals surface area contributed by atoms with Gasteiger partial charge >= 0.3 is 0 Å². The van der Waals surface area contributed by atoms with Gasteiger partial charge in [-0.1, -0.05) is 32.1 Å².